The molecule has 0 aromatic carbocycles. The molecule has 26 heavy (non-hydrogen) atoms. The minimum atomic E-state index is -0.473. The van der Waals surface area contributed by atoms with Crippen molar-refractivity contribution >= 4 is 11.8 Å². The first-order chi connectivity index (χ1) is 12.3. The number of aliphatic hydroxyl groups excluding tert-OH is 1. The summed E-state index contributed by atoms with van der Waals surface area (Å²) in [6, 6.07) is 0. The van der Waals surface area contributed by atoms with Crippen molar-refractivity contribution in [1.82, 2.24) is 0 Å². The fourth-order valence-electron chi connectivity index (χ4n) is 6.76. The van der Waals surface area contributed by atoms with Crippen molar-refractivity contribution in [2.75, 3.05) is 0 Å². The fraction of sp³-hybridized carbons (Fsp3) is 0.818. The number of esters is 1. The molecule has 144 valence electrons. The molecule has 3 fully saturated rings. The van der Waals surface area contributed by atoms with E-state index in [9.17, 15) is 14.7 Å². The van der Waals surface area contributed by atoms with Gasteiger partial charge in [-0.15, -0.1) is 0 Å². The molecule has 4 rings (SSSR count). The Labute approximate surface area is 156 Å². The second kappa shape index (κ2) is 6.19. The maximum Gasteiger partial charge on any atom is 0.305 e. The average Bonchev–Trinajstić information content (AvgIpc) is 2.91. The van der Waals surface area contributed by atoms with Gasteiger partial charge in [-0.05, 0) is 55.3 Å². The molecule has 0 heterocycles. The number of aliphatic hydroxyl groups is 1. The van der Waals surface area contributed by atoms with E-state index in [-0.39, 0.29) is 28.8 Å². The minimum absolute atomic E-state index is 0.0487. The van der Waals surface area contributed by atoms with Crippen molar-refractivity contribution < 1.29 is 19.4 Å². The third-order valence-electron chi connectivity index (χ3n) is 8.38. The monoisotopic (exact) mass is 360 g/mol. The Hall–Kier alpha value is -1.16. The highest BCUT2D eigenvalue weighted by atomic mass is 16.5. The number of carbonyl (C=O) groups excluding carboxylic acids is 2. The molecule has 0 aliphatic heterocycles. The Morgan fingerprint density at radius 3 is 2.62 bits per heavy atom. The summed E-state index contributed by atoms with van der Waals surface area (Å²) in [5.41, 5.74) is 1.13. The average molecular weight is 360 g/mol. The van der Waals surface area contributed by atoms with Crippen LogP contribution < -0.4 is 0 Å². The Morgan fingerprint density at radius 2 is 1.88 bits per heavy atom. The minimum Gasteiger partial charge on any atom is -0.462 e. The Kier molecular flexibility index (Phi) is 4.33. The zero-order valence-electron chi connectivity index (χ0n) is 16.3. The van der Waals surface area contributed by atoms with Crippen LogP contribution in [0.5, 0.6) is 0 Å². The smallest absolute Gasteiger partial charge is 0.305 e. The first-order valence-electron chi connectivity index (χ1n) is 10.4. The highest BCUT2D eigenvalue weighted by Gasteiger charge is 2.60. The largest absolute Gasteiger partial charge is 0.462 e. The van der Waals surface area contributed by atoms with Crippen LogP contribution in [0.25, 0.3) is 0 Å². The van der Waals surface area contributed by atoms with Crippen LogP contribution in [0.1, 0.15) is 72.1 Å². The zero-order valence-corrected chi connectivity index (χ0v) is 16.3. The lowest BCUT2D eigenvalue weighted by Gasteiger charge is -2.58. The van der Waals surface area contributed by atoms with Crippen LogP contribution in [-0.2, 0) is 14.3 Å². The Morgan fingerprint density at radius 1 is 1.19 bits per heavy atom. The van der Waals surface area contributed by atoms with Crippen molar-refractivity contribution in [3.63, 3.8) is 0 Å². The van der Waals surface area contributed by atoms with Crippen molar-refractivity contribution in [3.8, 4) is 0 Å². The van der Waals surface area contributed by atoms with E-state index in [4.69, 9.17) is 4.74 Å². The van der Waals surface area contributed by atoms with E-state index in [1.807, 2.05) is 6.92 Å². The topological polar surface area (TPSA) is 63.6 Å². The molecule has 3 saturated carbocycles. The molecule has 1 N–H and O–H groups in total. The maximum atomic E-state index is 12.5. The summed E-state index contributed by atoms with van der Waals surface area (Å²) in [6.07, 6.45) is 8.20. The van der Waals surface area contributed by atoms with Crippen molar-refractivity contribution in [3.05, 3.63) is 11.6 Å². The van der Waals surface area contributed by atoms with Crippen molar-refractivity contribution in [1.29, 1.82) is 0 Å². The number of ether oxygens (including phenoxy) is 1. The molecule has 4 heteroatoms. The van der Waals surface area contributed by atoms with Crippen LogP contribution in [0.2, 0.25) is 0 Å². The van der Waals surface area contributed by atoms with Gasteiger partial charge in [0, 0.05) is 24.7 Å². The molecule has 4 aliphatic rings. The van der Waals surface area contributed by atoms with Crippen molar-refractivity contribution in [2.45, 2.75) is 84.3 Å². The summed E-state index contributed by atoms with van der Waals surface area (Å²) < 4.78 is 5.60. The van der Waals surface area contributed by atoms with Gasteiger partial charge in [-0.3, -0.25) is 9.59 Å². The number of fused-ring (bicyclic) bond motifs is 5. The normalized spacial score (nSPS) is 47.5. The highest BCUT2D eigenvalue weighted by molar-refractivity contribution is 5.87. The summed E-state index contributed by atoms with van der Waals surface area (Å²) in [6.45, 7) is 6.31. The first kappa shape index (κ1) is 18.2. The van der Waals surface area contributed by atoms with Gasteiger partial charge >= 0.3 is 5.97 Å². The molecular formula is C22H32O4. The second-order valence-corrected chi connectivity index (χ2v) is 9.52. The van der Waals surface area contributed by atoms with Crippen LogP contribution >= 0.6 is 0 Å². The van der Waals surface area contributed by atoms with E-state index in [1.165, 1.54) is 5.57 Å². The number of Topliss-reactive ketones (excluding diaryl/α,β-unsaturated/α-hetero) is 1. The van der Waals surface area contributed by atoms with Crippen LogP contribution in [-0.4, -0.2) is 29.1 Å². The van der Waals surface area contributed by atoms with E-state index in [1.54, 1.807) is 0 Å². The van der Waals surface area contributed by atoms with Gasteiger partial charge in [-0.1, -0.05) is 32.4 Å². The lowest BCUT2D eigenvalue weighted by atomic mass is 9.47. The molecule has 4 aliphatic carbocycles. The van der Waals surface area contributed by atoms with Crippen LogP contribution in [0.3, 0.4) is 0 Å². The molecule has 0 spiro atoms. The quantitative estimate of drug-likeness (QED) is 0.601. The second-order valence-electron chi connectivity index (χ2n) is 9.52. The Bertz CT molecular complexity index is 653. The SMILES string of the molecule is CCC(=O)O[C@H]1CC[C@@]2(C)C(=C[C@H](O)[C@@H]3[C@@H]2CC[C@]2(C)C(=O)CC[C@@H]32)C1. The fourth-order valence-corrected chi connectivity index (χ4v) is 6.76. The molecule has 0 radical (unpaired) electrons. The lowest BCUT2D eigenvalue weighted by molar-refractivity contribution is -0.151. The van der Waals surface area contributed by atoms with E-state index in [0.29, 0.717) is 30.5 Å². The molecule has 0 aromatic rings. The van der Waals surface area contributed by atoms with Crippen LogP contribution in [0.4, 0.5) is 0 Å². The standard InChI is InChI=1S/C22H32O4/c1-4-19(25)26-14-7-9-21(2)13(11-14)12-17(23)20-15-5-6-18(24)22(15,3)10-8-16(20)21/h12,14-17,20,23H,4-11H2,1-3H3/t14-,15-,16-,17-,20-,21-,22-/m0/s1. The summed E-state index contributed by atoms with van der Waals surface area (Å²) >= 11 is 0. The van der Waals surface area contributed by atoms with Gasteiger partial charge in [0.15, 0.2) is 0 Å². The van der Waals surface area contributed by atoms with Gasteiger partial charge < -0.3 is 9.84 Å². The van der Waals surface area contributed by atoms with E-state index < -0.39 is 6.10 Å². The summed E-state index contributed by atoms with van der Waals surface area (Å²) in [5.74, 6) is 1.22. The molecule has 0 bridgehead atoms. The van der Waals surface area contributed by atoms with Gasteiger partial charge in [0.2, 0.25) is 0 Å². The zero-order chi connectivity index (χ0) is 18.7. The number of hydrogen-bond donors (Lipinski definition) is 1. The summed E-state index contributed by atoms with van der Waals surface area (Å²) in [4.78, 5) is 24.2. The molecule has 0 aromatic heterocycles. The molecule has 4 nitrogen and oxygen atoms in total. The van der Waals surface area contributed by atoms with Gasteiger partial charge in [0.1, 0.15) is 11.9 Å². The highest BCUT2D eigenvalue weighted by Crippen LogP contribution is 2.64. The van der Waals surface area contributed by atoms with Gasteiger partial charge in [0.25, 0.3) is 0 Å². The molecule has 0 unspecified atom stereocenters. The number of rotatable bonds is 2. The van der Waals surface area contributed by atoms with Gasteiger partial charge in [-0.25, -0.2) is 0 Å². The van der Waals surface area contributed by atoms with E-state index >= 15 is 0 Å². The van der Waals surface area contributed by atoms with Gasteiger partial charge in [-0.2, -0.15) is 0 Å². The number of hydrogen-bond acceptors (Lipinski definition) is 4. The summed E-state index contributed by atoms with van der Waals surface area (Å²) in [5, 5.41) is 11.0. The molecule has 0 saturated heterocycles. The Balaban J connectivity index is 1.62. The first-order valence-corrected chi connectivity index (χ1v) is 10.4. The van der Waals surface area contributed by atoms with Gasteiger partial charge in [0.05, 0.1) is 6.10 Å². The van der Waals surface area contributed by atoms with Crippen molar-refractivity contribution in [2.24, 2.45) is 28.6 Å². The molecule has 0 amide bonds. The van der Waals surface area contributed by atoms with Crippen LogP contribution in [0, 0.1) is 28.6 Å². The van der Waals surface area contributed by atoms with Crippen LogP contribution in [0.15, 0.2) is 11.6 Å². The predicted octanol–water partition coefficient (Wildman–Crippen LogP) is 3.81. The summed E-state index contributed by atoms with van der Waals surface area (Å²) in [7, 11) is 0. The maximum absolute atomic E-state index is 12.5. The third kappa shape index (κ3) is 2.51. The predicted molar refractivity (Wildman–Crippen MR) is 98.3 cm³/mol. The third-order valence-corrected chi connectivity index (χ3v) is 8.38. The number of carbonyl (C=O) groups is 2. The lowest BCUT2D eigenvalue weighted by Crippen LogP contribution is -2.54. The number of ketones is 1. The molecular weight excluding hydrogens is 328 g/mol. The molecule has 7 atom stereocenters. The van der Waals surface area contributed by atoms with E-state index in [0.717, 1.165) is 38.5 Å². The van der Waals surface area contributed by atoms with E-state index in [2.05, 4.69) is 19.9 Å².